The summed E-state index contributed by atoms with van der Waals surface area (Å²) in [7, 11) is 0. The zero-order valence-corrected chi connectivity index (χ0v) is 11.5. The van der Waals surface area contributed by atoms with Crippen LogP contribution in [0.1, 0.15) is 25.8 Å². The van der Waals surface area contributed by atoms with Crippen molar-refractivity contribution < 1.29 is 4.92 Å². The van der Waals surface area contributed by atoms with Crippen molar-refractivity contribution >= 4 is 5.69 Å². The summed E-state index contributed by atoms with van der Waals surface area (Å²) in [6, 6.07) is 7.27. The summed E-state index contributed by atoms with van der Waals surface area (Å²) in [5, 5.41) is 17.7. The number of hydrogen-bond donors (Lipinski definition) is 2. The molecular formula is C14H21N3O2. The molecule has 1 unspecified atom stereocenters. The average Bonchev–Trinajstić information content (AvgIpc) is 2.37. The minimum atomic E-state index is -0.349. The molecule has 0 radical (unpaired) electrons. The molecule has 2 N–H and O–H groups in total. The highest BCUT2D eigenvalue weighted by molar-refractivity contribution is 5.34. The van der Waals surface area contributed by atoms with E-state index >= 15 is 0 Å². The van der Waals surface area contributed by atoms with Crippen molar-refractivity contribution in [1.29, 1.82) is 0 Å². The first kappa shape index (κ1) is 14.0. The van der Waals surface area contributed by atoms with Crippen LogP contribution in [-0.4, -0.2) is 24.1 Å². The van der Waals surface area contributed by atoms with Crippen molar-refractivity contribution in [1.82, 2.24) is 10.6 Å². The van der Waals surface area contributed by atoms with Gasteiger partial charge >= 0.3 is 0 Å². The Hall–Kier alpha value is -1.46. The third-order valence-electron chi connectivity index (χ3n) is 3.81. The highest BCUT2D eigenvalue weighted by Gasteiger charge is 2.31. The van der Waals surface area contributed by atoms with Gasteiger partial charge in [0.15, 0.2) is 0 Å². The van der Waals surface area contributed by atoms with Crippen LogP contribution in [0.2, 0.25) is 0 Å². The molecule has 1 fully saturated rings. The molecule has 0 saturated carbocycles. The van der Waals surface area contributed by atoms with E-state index in [4.69, 9.17) is 0 Å². The van der Waals surface area contributed by atoms with E-state index in [1.165, 1.54) is 6.07 Å². The molecule has 0 aliphatic carbocycles. The number of nitro groups is 1. The Morgan fingerprint density at radius 1 is 1.53 bits per heavy atom. The Labute approximate surface area is 113 Å². The summed E-state index contributed by atoms with van der Waals surface area (Å²) in [6.45, 7) is 7.18. The SMILES string of the molecule is CC1(C)CNCCC1NCc1cccc([N+](=O)[O-])c1. The Bertz CT molecular complexity index is 460. The van der Waals surface area contributed by atoms with Crippen LogP contribution in [0, 0.1) is 15.5 Å². The number of nitrogens with zero attached hydrogens (tertiary/aromatic N) is 1. The van der Waals surface area contributed by atoms with E-state index in [1.807, 2.05) is 6.07 Å². The van der Waals surface area contributed by atoms with Gasteiger partial charge in [0.2, 0.25) is 0 Å². The number of benzene rings is 1. The number of nitro benzene ring substituents is 1. The third kappa shape index (κ3) is 3.52. The van der Waals surface area contributed by atoms with Crippen LogP contribution in [0.5, 0.6) is 0 Å². The summed E-state index contributed by atoms with van der Waals surface area (Å²) in [4.78, 5) is 10.4. The maximum Gasteiger partial charge on any atom is 0.269 e. The summed E-state index contributed by atoms with van der Waals surface area (Å²) in [5.74, 6) is 0. The lowest BCUT2D eigenvalue weighted by molar-refractivity contribution is -0.384. The molecule has 1 aliphatic rings. The molecular weight excluding hydrogens is 242 g/mol. The van der Waals surface area contributed by atoms with Gasteiger partial charge in [-0.2, -0.15) is 0 Å². The average molecular weight is 263 g/mol. The van der Waals surface area contributed by atoms with Crippen LogP contribution in [0.15, 0.2) is 24.3 Å². The Morgan fingerprint density at radius 2 is 2.32 bits per heavy atom. The quantitative estimate of drug-likeness (QED) is 0.644. The monoisotopic (exact) mass is 263 g/mol. The highest BCUT2D eigenvalue weighted by atomic mass is 16.6. The normalized spacial score (nSPS) is 22.1. The fourth-order valence-corrected chi connectivity index (χ4v) is 2.57. The third-order valence-corrected chi connectivity index (χ3v) is 3.81. The van der Waals surface area contributed by atoms with E-state index in [1.54, 1.807) is 12.1 Å². The molecule has 0 aromatic heterocycles. The molecule has 0 spiro atoms. The standard InChI is InChI=1S/C14H21N3O2/c1-14(2)10-15-7-6-13(14)16-9-11-4-3-5-12(8-11)17(18)19/h3-5,8,13,15-16H,6-7,9-10H2,1-2H3. The minimum Gasteiger partial charge on any atom is -0.316 e. The van der Waals surface area contributed by atoms with Crippen LogP contribution in [0.25, 0.3) is 0 Å². The van der Waals surface area contributed by atoms with Crippen LogP contribution in [0.4, 0.5) is 5.69 Å². The zero-order chi connectivity index (χ0) is 13.9. The van der Waals surface area contributed by atoms with Gasteiger partial charge in [0.25, 0.3) is 5.69 Å². The highest BCUT2D eigenvalue weighted by Crippen LogP contribution is 2.25. The van der Waals surface area contributed by atoms with E-state index in [0.29, 0.717) is 12.6 Å². The Balaban J connectivity index is 1.98. The molecule has 5 heteroatoms. The molecule has 0 amide bonds. The van der Waals surface area contributed by atoms with Crippen LogP contribution < -0.4 is 10.6 Å². The van der Waals surface area contributed by atoms with Gasteiger partial charge in [0, 0.05) is 31.3 Å². The predicted octanol–water partition coefficient (Wildman–Crippen LogP) is 2.07. The van der Waals surface area contributed by atoms with E-state index < -0.39 is 0 Å². The predicted molar refractivity (Wildman–Crippen MR) is 75.0 cm³/mol. The Kier molecular flexibility index (Phi) is 4.17. The van der Waals surface area contributed by atoms with E-state index in [0.717, 1.165) is 25.1 Å². The second kappa shape index (κ2) is 5.67. The molecule has 0 bridgehead atoms. The molecule has 104 valence electrons. The van der Waals surface area contributed by atoms with E-state index in [2.05, 4.69) is 24.5 Å². The van der Waals surface area contributed by atoms with Crippen molar-refractivity contribution in [2.45, 2.75) is 32.9 Å². The van der Waals surface area contributed by atoms with Crippen molar-refractivity contribution in [3.63, 3.8) is 0 Å². The van der Waals surface area contributed by atoms with Gasteiger partial charge in [-0.25, -0.2) is 0 Å². The van der Waals surface area contributed by atoms with Gasteiger partial charge in [-0.3, -0.25) is 10.1 Å². The van der Waals surface area contributed by atoms with E-state index in [9.17, 15) is 10.1 Å². The van der Waals surface area contributed by atoms with Crippen molar-refractivity contribution in [2.24, 2.45) is 5.41 Å². The topological polar surface area (TPSA) is 67.2 Å². The number of hydrogen-bond acceptors (Lipinski definition) is 4. The Morgan fingerprint density at radius 3 is 3.00 bits per heavy atom. The van der Waals surface area contributed by atoms with Crippen molar-refractivity contribution in [2.75, 3.05) is 13.1 Å². The van der Waals surface area contributed by atoms with Crippen molar-refractivity contribution in [3.8, 4) is 0 Å². The number of rotatable bonds is 4. The first-order chi connectivity index (χ1) is 8.99. The van der Waals surface area contributed by atoms with Crippen LogP contribution in [-0.2, 0) is 6.54 Å². The zero-order valence-electron chi connectivity index (χ0n) is 11.5. The van der Waals surface area contributed by atoms with Gasteiger partial charge in [-0.15, -0.1) is 0 Å². The van der Waals surface area contributed by atoms with Gasteiger partial charge in [-0.05, 0) is 23.9 Å². The molecule has 2 rings (SSSR count). The second-order valence-electron chi connectivity index (χ2n) is 5.81. The molecule has 1 heterocycles. The lowest BCUT2D eigenvalue weighted by atomic mass is 9.80. The maximum absolute atomic E-state index is 10.7. The molecule has 1 aromatic rings. The molecule has 19 heavy (non-hydrogen) atoms. The van der Waals surface area contributed by atoms with Gasteiger partial charge < -0.3 is 10.6 Å². The van der Waals surface area contributed by atoms with Crippen LogP contribution >= 0.6 is 0 Å². The first-order valence-electron chi connectivity index (χ1n) is 6.66. The lowest BCUT2D eigenvalue weighted by Gasteiger charge is -2.39. The first-order valence-corrected chi connectivity index (χ1v) is 6.66. The van der Waals surface area contributed by atoms with Gasteiger partial charge in [0.05, 0.1) is 4.92 Å². The molecule has 1 aromatic carbocycles. The van der Waals surface area contributed by atoms with E-state index in [-0.39, 0.29) is 16.0 Å². The second-order valence-corrected chi connectivity index (χ2v) is 5.81. The molecule has 1 atom stereocenters. The minimum absolute atomic E-state index is 0.156. The van der Waals surface area contributed by atoms with Crippen molar-refractivity contribution in [3.05, 3.63) is 39.9 Å². The summed E-state index contributed by atoms with van der Waals surface area (Å²) in [5.41, 5.74) is 1.33. The smallest absolute Gasteiger partial charge is 0.269 e. The van der Waals surface area contributed by atoms with Gasteiger partial charge in [-0.1, -0.05) is 26.0 Å². The number of piperidine rings is 1. The molecule has 1 aliphatic heterocycles. The summed E-state index contributed by atoms with van der Waals surface area (Å²) >= 11 is 0. The summed E-state index contributed by atoms with van der Waals surface area (Å²) < 4.78 is 0. The number of nitrogens with one attached hydrogen (secondary N) is 2. The van der Waals surface area contributed by atoms with Crippen LogP contribution in [0.3, 0.4) is 0 Å². The maximum atomic E-state index is 10.7. The molecule has 5 nitrogen and oxygen atoms in total. The number of non-ortho nitro benzene ring substituents is 1. The fraction of sp³-hybridized carbons (Fsp3) is 0.571. The lowest BCUT2D eigenvalue weighted by Crippen LogP contribution is -2.52. The molecule has 1 saturated heterocycles. The fourth-order valence-electron chi connectivity index (χ4n) is 2.57. The largest absolute Gasteiger partial charge is 0.316 e. The summed E-state index contributed by atoms with van der Waals surface area (Å²) in [6.07, 6.45) is 1.09. The van der Waals surface area contributed by atoms with Gasteiger partial charge in [0.1, 0.15) is 0 Å².